The zero-order valence-corrected chi connectivity index (χ0v) is 40.0. The van der Waals surface area contributed by atoms with Gasteiger partial charge in [-0.15, -0.1) is 0 Å². The first-order chi connectivity index (χ1) is 31.5. The van der Waals surface area contributed by atoms with E-state index in [1.54, 1.807) is 0 Å². The van der Waals surface area contributed by atoms with Crippen molar-refractivity contribution < 1.29 is 73.8 Å². The third-order valence-electron chi connectivity index (χ3n) is 12.2. The first-order valence-corrected chi connectivity index (χ1v) is 25.4. The highest BCUT2D eigenvalue weighted by Gasteiger charge is 2.47. The average Bonchev–Trinajstić information content (AvgIpc) is 3.30. The van der Waals surface area contributed by atoms with Gasteiger partial charge in [-0.1, -0.05) is 134 Å². The lowest BCUT2D eigenvalue weighted by atomic mass is 9.98. The quantitative estimate of drug-likeness (QED) is 0.0192. The van der Waals surface area contributed by atoms with Crippen LogP contribution in [-0.4, -0.2) is 142 Å². The van der Waals surface area contributed by atoms with Crippen LogP contribution in [0.4, 0.5) is 0 Å². The number of hydrogen-bond acceptors (Lipinski definition) is 15. The van der Waals surface area contributed by atoms with Crippen LogP contribution in [0.3, 0.4) is 0 Å². The van der Waals surface area contributed by atoms with Crippen molar-refractivity contribution >= 4 is 11.9 Å². The van der Waals surface area contributed by atoms with Crippen molar-refractivity contribution in [3.05, 3.63) is 24.3 Å². The van der Waals surface area contributed by atoms with E-state index in [1.807, 2.05) is 0 Å². The topological polar surface area (TPSA) is 231 Å². The Balaban J connectivity index is 1.82. The number of ether oxygens (including phenoxy) is 6. The van der Waals surface area contributed by atoms with Crippen molar-refractivity contribution in [2.24, 2.45) is 0 Å². The Hall–Kier alpha value is -2.02. The van der Waals surface area contributed by atoms with Crippen LogP contribution in [0.2, 0.25) is 0 Å². The smallest absolute Gasteiger partial charge is 0.306 e. The van der Waals surface area contributed by atoms with Gasteiger partial charge in [0, 0.05) is 12.8 Å². The third-order valence-corrected chi connectivity index (χ3v) is 12.2. The van der Waals surface area contributed by atoms with E-state index < -0.39 is 92.7 Å². The van der Waals surface area contributed by atoms with Crippen LogP contribution in [0.15, 0.2) is 24.3 Å². The molecule has 0 amide bonds. The highest BCUT2D eigenvalue weighted by atomic mass is 16.7. The maximum absolute atomic E-state index is 13.0. The molecule has 0 spiro atoms. The highest BCUT2D eigenvalue weighted by Crippen LogP contribution is 2.26. The summed E-state index contributed by atoms with van der Waals surface area (Å²) in [5.41, 5.74) is 0. The number of hydrogen-bond donors (Lipinski definition) is 7. The van der Waals surface area contributed by atoms with Gasteiger partial charge < -0.3 is 64.2 Å². The summed E-state index contributed by atoms with van der Waals surface area (Å²) < 4.78 is 33.5. The summed E-state index contributed by atoms with van der Waals surface area (Å²) in [5, 5.41) is 72.0. The average molecular weight is 931 g/mol. The molecule has 2 aliphatic rings. The Kier molecular flexibility index (Phi) is 34.5. The molecule has 4 unspecified atom stereocenters. The molecule has 0 bridgehead atoms. The number of aliphatic hydroxyl groups is 7. The van der Waals surface area contributed by atoms with Gasteiger partial charge in [-0.3, -0.25) is 9.59 Å². The standard InChI is InChI=1S/C50H90O15/c1-3-5-7-9-11-13-15-17-19-21-23-25-27-29-31-33-42(53)63-38(35-60-41(52)32-30-28-26-24-22-20-18-16-14-12-10-8-6-4-2)36-61-49-48(59)46(57)44(55)40(65-49)37-62-50-47(58)45(56)43(54)39(34-51)64-50/h13,15-16,18,38-40,43-51,54-59H,3-12,14,17,19-37H2,1-2H3/b15-13+,18-16+/t38-,39-,40-,43+,44+,45?,46?,47?,48?,49-,50-/m1/s1. The molecule has 11 atom stereocenters. The van der Waals surface area contributed by atoms with Gasteiger partial charge in [-0.2, -0.15) is 0 Å². The fourth-order valence-corrected chi connectivity index (χ4v) is 7.91. The summed E-state index contributed by atoms with van der Waals surface area (Å²) in [7, 11) is 0. The molecule has 0 aromatic carbocycles. The second kappa shape index (κ2) is 37.9. The molecule has 0 aromatic heterocycles. The molecule has 0 aromatic rings. The van der Waals surface area contributed by atoms with Gasteiger partial charge in [0.05, 0.1) is 19.8 Å². The van der Waals surface area contributed by atoms with Crippen molar-refractivity contribution in [2.75, 3.05) is 26.4 Å². The van der Waals surface area contributed by atoms with Crippen molar-refractivity contribution in [3.63, 3.8) is 0 Å². The molecule has 0 saturated carbocycles. The minimum Gasteiger partial charge on any atom is -0.462 e. The van der Waals surface area contributed by atoms with Gasteiger partial charge in [-0.05, 0) is 64.2 Å². The first kappa shape index (κ1) is 59.1. The van der Waals surface area contributed by atoms with Crippen LogP contribution in [0.5, 0.6) is 0 Å². The van der Waals surface area contributed by atoms with E-state index in [0.717, 1.165) is 70.6 Å². The SMILES string of the molecule is CCCCCC/C=C/CCCCCCCCCC(=O)O[C@H](COC(=O)CCCCCCC/C=C/CCCCCCC)CO[C@@H]1O[C@H](CO[C@@H]2O[C@H](CO)[C@H](O)C(O)C2O)[C@H](O)C(O)C1O. The fraction of sp³-hybridized carbons (Fsp3) is 0.880. The van der Waals surface area contributed by atoms with E-state index in [4.69, 9.17) is 28.4 Å². The van der Waals surface area contributed by atoms with Gasteiger partial charge in [0.2, 0.25) is 0 Å². The molecular formula is C50H90O15. The fourth-order valence-electron chi connectivity index (χ4n) is 7.91. The molecule has 2 rings (SSSR count). The van der Waals surface area contributed by atoms with Crippen LogP contribution >= 0.6 is 0 Å². The van der Waals surface area contributed by atoms with Gasteiger partial charge >= 0.3 is 11.9 Å². The predicted molar refractivity (Wildman–Crippen MR) is 247 cm³/mol. The Morgan fingerprint density at radius 2 is 0.877 bits per heavy atom. The molecule has 65 heavy (non-hydrogen) atoms. The van der Waals surface area contributed by atoms with E-state index >= 15 is 0 Å². The van der Waals surface area contributed by atoms with Gasteiger partial charge in [0.25, 0.3) is 0 Å². The number of carbonyl (C=O) groups excluding carboxylic acids is 2. The highest BCUT2D eigenvalue weighted by molar-refractivity contribution is 5.70. The number of rotatable bonds is 39. The minimum atomic E-state index is -1.76. The Labute approximate surface area is 390 Å². The summed E-state index contributed by atoms with van der Waals surface area (Å²) >= 11 is 0. The number of aliphatic hydroxyl groups excluding tert-OH is 7. The van der Waals surface area contributed by atoms with E-state index in [1.165, 1.54) is 77.0 Å². The Morgan fingerprint density at radius 3 is 1.37 bits per heavy atom. The van der Waals surface area contributed by atoms with Crippen LogP contribution < -0.4 is 0 Å². The molecule has 2 aliphatic heterocycles. The molecule has 2 fully saturated rings. The van der Waals surface area contributed by atoms with Crippen LogP contribution in [0.1, 0.15) is 187 Å². The lowest BCUT2D eigenvalue weighted by molar-refractivity contribution is -0.332. The van der Waals surface area contributed by atoms with E-state index in [2.05, 4.69) is 38.2 Å². The number of unbranched alkanes of at least 4 members (excludes halogenated alkanes) is 21. The van der Waals surface area contributed by atoms with Gasteiger partial charge in [0.1, 0.15) is 55.4 Å². The summed E-state index contributed by atoms with van der Waals surface area (Å²) in [6.45, 7) is 2.56. The summed E-state index contributed by atoms with van der Waals surface area (Å²) in [6.07, 6.45) is 20.6. The monoisotopic (exact) mass is 931 g/mol. The lowest BCUT2D eigenvalue weighted by Crippen LogP contribution is -2.61. The van der Waals surface area contributed by atoms with Crippen molar-refractivity contribution in [3.8, 4) is 0 Å². The molecule has 0 aliphatic carbocycles. The van der Waals surface area contributed by atoms with E-state index in [-0.39, 0.29) is 26.1 Å². The largest absolute Gasteiger partial charge is 0.462 e. The predicted octanol–water partition coefficient (Wildman–Crippen LogP) is 6.77. The third kappa shape index (κ3) is 26.4. The zero-order chi connectivity index (χ0) is 47.5. The molecule has 380 valence electrons. The number of esters is 2. The summed E-state index contributed by atoms with van der Waals surface area (Å²) in [4.78, 5) is 25.7. The van der Waals surface area contributed by atoms with Crippen molar-refractivity contribution in [2.45, 2.75) is 255 Å². The number of allylic oxidation sites excluding steroid dienone is 4. The number of carbonyl (C=O) groups is 2. The minimum absolute atomic E-state index is 0.160. The Bertz CT molecular complexity index is 1230. The molecule has 7 N–H and O–H groups in total. The first-order valence-electron chi connectivity index (χ1n) is 25.4. The second-order valence-corrected chi connectivity index (χ2v) is 18.0. The zero-order valence-electron chi connectivity index (χ0n) is 40.0. The van der Waals surface area contributed by atoms with Crippen LogP contribution in [0, 0.1) is 0 Å². The maximum atomic E-state index is 13.0. The molecular weight excluding hydrogens is 841 g/mol. The second-order valence-electron chi connectivity index (χ2n) is 18.0. The Morgan fingerprint density at radius 1 is 0.477 bits per heavy atom. The lowest BCUT2D eigenvalue weighted by Gasteiger charge is -2.42. The maximum Gasteiger partial charge on any atom is 0.306 e. The molecule has 15 heteroatoms. The van der Waals surface area contributed by atoms with Crippen molar-refractivity contribution in [1.29, 1.82) is 0 Å². The normalized spacial score (nSPS) is 26.5. The molecule has 2 saturated heterocycles. The van der Waals surface area contributed by atoms with E-state index in [0.29, 0.717) is 12.8 Å². The molecule has 2 heterocycles. The summed E-state index contributed by atoms with van der Waals surface area (Å²) in [6, 6.07) is 0. The summed E-state index contributed by atoms with van der Waals surface area (Å²) in [5.74, 6) is -0.937. The molecule has 15 nitrogen and oxygen atoms in total. The van der Waals surface area contributed by atoms with Crippen LogP contribution in [0.25, 0.3) is 0 Å². The van der Waals surface area contributed by atoms with Gasteiger partial charge in [0.15, 0.2) is 18.7 Å². The molecule has 0 radical (unpaired) electrons. The van der Waals surface area contributed by atoms with Crippen molar-refractivity contribution in [1.82, 2.24) is 0 Å². The van der Waals surface area contributed by atoms with Gasteiger partial charge in [-0.25, -0.2) is 0 Å². The van der Waals surface area contributed by atoms with Crippen LogP contribution in [-0.2, 0) is 38.0 Å². The van der Waals surface area contributed by atoms with E-state index in [9.17, 15) is 45.3 Å².